The van der Waals surface area contributed by atoms with Crippen molar-refractivity contribution in [3.8, 4) is 0 Å². The lowest BCUT2D eigenvalue weighted by atomic mass is 9.97. The van der Waals surface area contributed by atoms with Crippen LogP contribution >= 0.6 is 34.7 Å². The van der Waals surface area contributed by atoms with E-state index in [2.05, 4.69) is 0 Å². The summed E-state index contributed by atoms with van der Waals surface area (Å²) in [5.74, 6) is 0.000203. The Kier molecular flexibility index (Phi) is 4.60. The molecular formula is C18H16ClFN2OS2. The van der Waals surface area contributed by atoms with Gasteiger partial charge < -0.3 is 0 Å². The van der Waals surface area contributed by atoms with Crippen LogP contribution in [-0.4, -0.2) is 9.55 Å². The van der Waals surface area contributed by atoms with Gasteiger partial charge in [0, 0.05) is 28.3 Å². The van der Waals surface area contributed by atoms with Gasteiger partial charge in [0.15, 0.2) is 5.16 Å². The molecule has 0 saturated heterocycles. The molecule has 0 unspecified atom stereocenters. The van der Waals surface area contributed by atoms with E-state index in [4.69, 9.17) is 16.6 Å². The lowest BCUT2D eigenvalue weighted by Gasteiger charge is -2.11. The number of rotatable bonds is 3. The average molecular weight is 395 g/mol. The first-order chi connectivity index (χ1) is 12.1. The molecule has 1 aromatic carbocycles. The Labute approximate surface area is 157 Å². The van der Waals surface area contributed by atoms with Gasteiger partial charge in [-0.2, -0.15) is 0 Å². The Balaban J connectivity index is 1.73. The minimum absolute atomic E-state index is 0.00784. The third-order valence-corrected chi connectivity index (χ3v) is 7.16. The molecule has 0 aliphatic heterocycles. The number of hydrogen-bond donors (Lipinski definition) is 0. The van der Waals surface area contributed by atoms with E-state index in [-0.39, 0.29) is 11.4 Å². The highest BCUT2D eigenvalue weighted by atomic mass is 35.5. The molecule has 0 spiro atoms. The third kappa shape index (κ3) is 3.00. The van der Waals surface area contributed by atoms with Crippen LogP contribution in [0.1, 0.15) is 28.8 Å². The maximum atomic E-state index is 14.0. The Hall–Kier alpha value is -1.37. The quantitative estimate of drug-likeness (QED) is 0.465. The highest BCUT2D eigenvalue weighted by Crippen LogP contribution is 2.35. The zero-order valence-electron chi connectivity index (χ0n) is 13.6. The van der Waals surface area contributed by atoms with E-state index in [0.717, 1.165) is 29.5 Å². The number of hydrogen-bond acceptors (Lipinski definition) is 4. The summed E-state index contributed by atoms with van der Waals surface area (Å²) in [6, 6.07) is 4.65. The highest BCUT2D eigenvalue weighted by molar-refractivity contribution is 7.98. The van der Waals surface area contributed by atoms with Gasteiger partial charge in [0.25, 0.3) is 5.56 Å². The number of thioether (sulfide) groups is 1. The molecule has 0 saturated carbocycles. The molecule has 0 radical (unpaired) electrons. The fraction of sp³-hybridized carbons (Fsp3) is 0.333. The zero-order chi connectivity index (χ0) is 17.6. The zero-order valence-corrected chi connectivity index (χ0v) is 16.0. The van der Waals surface area contributed by atoms with Crippen LogP contribution in [0.3, 0.4) is 0 Å². The van der Waals surface area contributed by atoms with Crippen LogP contribution in [-0.2, 0) is 25.6 Å². The SMILES string of the molecule is Cn1c(SCc2c(F)cccc2Cl)nc2sc3c(c2c1=O)CCCC3. The summed E-state index contributed by atoms with van der Waals surface area (Å²) in [4.78, 5) is 19.6. The van der Waals surface area contributed by atoms with Crippen LogP contribution in [0.5, 0.6) is 0 Å². The topological polar surface area (TPSA) is 34.9 Å². The lowest BCUT2D eigenvalue weighted by molar-refractivity contribution is 0.617. The van der Waals surface area contributed by atoms with Gasteiger partial charge in [-0.15, -0.1) is 11.3 Å². The van der Waals surface area contributed by atoms with E-state index in [1.54, 1.807) is 35.1 Å². The molecule has 7 heteroatoms. The van der Waals surface area contributed by atoms with Crippen molar-refractivity contribution < 1.29 is 4.39 Å². The van der Waals surface area contributed by atoms with Crippen LogP contribution in [0, 0.1) is 5.82 Å². The highest BCUT2D eigenvalue weighted by Gasteiger charge is 2.21. The van der Waals surface area contributed by atoms with E-state index in [1.807, 2.05) is 0 Å². The summed E-state index contributed by atoms with van der Waals surface area (Å²) in [5, 5.41) is 1.76. The summed E-state index contributed by atoms with van der Waals surface area (Å²) < 4.78 is 15.5. The second kappa shape index (κ2) is 6.74. The summed E-state index contributed by atoms with van der Waals surface area (Å²) in [5.41, 5.74) is 1.62. The molecule has 1 aliphatic rings. The number of halogens is 2. The predicted octanol–water partition coefficient (Wildman–Crippen LogP) is 4.96. The number of fused-ring (bicyclic) bond motifs is 3. The summed E-state index contributed by atoms with van der Waals surface area (Å²) in [6.45, 7) is 0. The summed E-state index contributed by atoms with van der Waals surface area (Å²) in [7, 11) is 1.73. The van der Waals surface area contributed by atoms with Crippen LogP contribution in [0.4, 0.5) is 4.39 Å². The summed E-state index contributed by atoms with van der Waals surface area (Å²) >= 11 is 9.05. The van der Waals surface area contributed by atoms with Gasteiger partial charge in [-0.1, -0.05) is 29.4 Å². The molecule has 3 nitrogen and oxygen atoms in total. The Morgan fingerprint density at radius 2 is 2.16 bits per heavy atom. The molecule has 2 heterocycles. The van der Waals surface area contributed by atoms with Crippen LogP contribution in [0.15, 0.2) is 28.2 Å². The molecule has 1 aliphatic carbocycles. The molecule has 130 valence electrons. The number of nitrogens with zero attached hydrogens (tertiary/aromatic N) is 2. The molecular weight excluding hydrogens is 379 g/mol. The van der Waals surface area contributed by atoms with Crippen molar-refractivity contribution in [3.63, 3.8) is 0 Å². The standard InChI is InChI=1S/C18H16ClFN2OS2/c1-22-17(23)15-10-5-2-3-8-14(10)25-16(15)21-18(22)24-9-11-12(19)6-4-7-13(11)20/h4,6-7H,2-3,5,8-9H2,1H3. The van der Waals surface area contributed by atoms with E-state index >= 15 is 0 Å². The van der Waals surface area contributed by atoms with Crippen molar-refractivity contribution in [2.45, 2.75) is 36.6 Å². The first kappa shape index (κ1) is 17.1. The molecule has 0 amide bonds. The molecule has 0 N–H and O–H groups in total. The van der Waals surface area contributed by atoms with Gasteiger partial charge in [-0.3, -0.25) is 9.36 Å². The van der Waals surface area contributed by atoms with Crippen LogP contribution in [0.25, 0.3) is 10.2 Å². The largest absolute Gasteiger partial charge is 0.290 e. The van der Waals surface area contributed by atoms with Crippen molar-refractivity contribution in [1.82, 2.24) is 9.55 Å². The van der Waals surface area contributed by atoms with E-state index in [9.17, 15) is 9.18 Å². The molecule has 4 rings (SSSR count). The molecule has 2 aromatic heterocycles. The maximum absolute atomic E-state index is 14.0. The van der Waals surface area contributed by atoms with Crippen molar-refractivity contribution in [1.29, 1.82) is 0 Å². The van der Waals surface area contributed by atoms with Crippen LogP contribution < -0.4 is 5.56 Å². The monoisotopic (exact) mass is 394 g/mol. The van der Waals surface area contributed by atoms with Crippen molar-refractivity contribution in [2.24, 2.45) is 7.05 Å². The lowest BCUT2D eigenvalue weighted by Crippen LogP contribution is -2.20. The average Bonchev–Trinajstić information content (AvgIpc) is 2.97. The second-order valence-corrected chi connectivity index (χ2v) is 8.57. The number of thiophene rings is 1. The molecule has 0 bridgehead atoms. The van der Waals surface area contributed by atoms with Crippen molar-refractivity contribution in [3.05, 3.63) is 55.4 Å². The molecule has 0 fully saturated rings. The van der Waals surface area contributed by atoms with Crippen molar-refractivity contribution in [2.75, 3.05) is 0 Å². The molecule has 3 aromatic rings. The molecule has 25 heavy (non-hydrogen) atoms. The Morgan fingerprint density at radius 1 is 1.36 bits per heavy atom. The fourth-order valence-corrected chi connectivity index (χ4v) is 5.82. The predicted molar refractivity (Wildman–Crippen MR) is 102 cm³/mol. The van der Waals surface area contributed by atoms with E-state index in [1.165, 1.54) is 34.7 Å². The van der Waals surface area contributed by atoms with Crippen molar-refractivity contribution >= 4 is 44.9 Å². The smallest absolute Gasteiger partial charge is 0.262 e. The number of aryl methyl sites for hydroxylation is 2. The van der Waals surface area contributed by atoms with E-state index < -0.39 is 0 Å². The van der Waals surface area contributed by atoms with Gasteiger partial charge in [0.05, 0.1) is 5.39 Å². The Morgan fingerprint density at radius 3 is 2.96 bits per heavy atom. The van der Waals surface area contributed by atoms with Crippen LogP contribution in [0.2, 0.25) is 5.02 Å². The minimum atomic E-state index is -0.335. The third-order valence-electron chi connectivity index (χ3n) is 4.56. The minimum Gasteiger partial charge on any atom is -0.290 e. The second-order valence-electron chi connectivity index (χ2n) is 6.14. The Bertz CT molecular complexity index is 1010. The van der Waals surface area contributed by atoms with Gasteiger partial charge in [0.2, 0.25) is 0 Å². The first-order valence-electron chi connectivity index (χ1n) is 8.13. The number of benzene rings is 1. The number of aromatic nitrogens is 2. The first-order valence-corrected chi connectivity index (χ1v) is 10.3. The summed E-state index contributed by atoms with van der Waals surface area (Å²) in [6.07, 6.45) is 4.30. The van der Waals surface area contributed by atoms with Gasteiger partial charge in [0.1, 0.15) is 10.6 Å². The fourth-order valence-electron chi connectivity index (χ4n) is 3.20. The van der Waals surface area contributed by atoms with Gasteiger partial charge >= 0.3 is 0 Å². The molecule has 0 atom stereocenters. The normalized spacial score (nSPS) is 14.0. The van der Waals surface area contributed by atoms with Gasteiger partial charge in [-0.25, -0.2) is 9.37 Å². The van der Waals surface area contributed by atoms with E-state index in [0.29, 0.717) is 21.5 Å². The maximum Gasteiger partial charge on any atom is 0.262 e. The van der Waals surface area contributed by atoms with Gasteiger partial charge in [-0.05, 0) is 43.4 Å².